The number of carbonyl (C=O) groups excluding carboxylic acids is 1. The molecule has 1 heterocycles. The first-order valence-corrected chi connectivity index (χ1v) is 9.49. The zero-order chi connectivity index (χ0) is 19.2. The van der Waals surface area contributed by atoms with Crippen molar-refractivity contribution >= 4 is 23.4 Å². The van der Waals surface area contributed by atoms with Gasteiger partial charge in [0.15, 0.2) is 5.82 Å². The first-order valence-electron chi connectivity index (χ1n) is 8.50. The summed E-state index contributed by atoms with van der Waals surface area (Å²) in [4.78, 5) is 12.3. The van der Waals surface area contributed by atoms with Gasteiger partial charge >= 0.3 is 0 Å². The number of amides is 1. The number of nitrogens with one attached hydrogen (secondary N) is 1. The Morgan fingerprint density at radius 1 is 1.19 bits per heavy atom. The minimum absolute atomic E-state index is 0.156. The van der Waals surface area contributed by atoms with Gasteiger partial charge in [0.2, 0.25) is 11.1 Å². The second-order valence-corrected chi connectivity index (χ2v) is 6.75. The number of nitrogen functional groups attached to an aromatic ring is 1. The lowest BCUT2D eigenvalue weighted by Crippen LogP contribution is -2.17. The number of rotatable bonds is 7. The van der Waals surface area contributed by atoms with Crippen molar-refractivity contribution < 1.29 is 9.53 Å². The van der Waals surface area contributed by atoms with E-state index in [1.807, 2.05) is 56.3 Å². The molecule has 0 saturated carbocycles. The summed E-state index contributed by atoms with van der Waals surface area (Å²) in [7, 11) is 0. The quantitative estimate of drug-likeness (QED) is 0.481. The molecule has 0 bridgehead atoms. The van der Waals surface area contributed by atoms with Crippen molar-refractivity contribution in [2.24, 2.45) is 0 Å². The average molecular weight is 383 g/mol. The van der Waals surface area contributed by atoms with E-state index in [0.29, 0.717) is 29.0 Å². The molecule has 27 heavy (non-hydrogen) atoms. The van der Waals surface area contributed by atoms with Gasteiger partial charge in [0, 0.05) is 5.56 Å². The number of hydrogen-bond donors (Lipinski definition) is 2. The molecule has 0 atom stereocenters. The van der Waals surface area contributed by atoms with Crippen molar-refractivity contribution in [2.45, 2.75) is 19.0 Å². The van der Waals surface area contributed by atoms with Crippen LogP contribution in [0.5, 0.6) is 5.75 Å². The van der Waals surface area contributed by atoms with E-state index in [0.717, 1.165) is 11.1 Å². The Hall–Kier alpha value is -3.00. The van der Waals surface area contributed by atoms with E-state index in [4.69, 9.17) is 10.6 Å². The van der Waals surface area contributed by atoms with Crippen LogP contribution in [0.4, 0.5) is 5.69 Å². The Balaban J connectivity index is 1.64. The monoisotopic (exact) mass is 383 g/mol. The highest BCUT2D eigenvalue weighted by Gasteiger charge is 2.14. The molecule has 3 N–H and O–H groups in total. The molecule has 0 aliphatic rings. The maximum Gasteiger partial charge on any atom is 0.234 e. The van der Waals surface area contributed by atoms with Crippen LogP contribution in [-0.2, 0) is 4.79 Å². The van der Waals surface area contributed by atoms with Crippen molar-refractivity contribution in [1.82, 2.24) is 14.9 Å². The number of anilines is 1. The van der Waals surface area contributed by atoms with Gasteiger partial charge in [-0.15, -0.1) is 10.2 Å². The van der Waals surface area contributed by atoms with Crippen molar-refractivity contribution in [1.29, 1.82) is 0 Å². The van der Waals surface area contributed by atoms with Gasteiger partial charge in [0.05, 0.1) is 18.0 Å². The second-order valence-electron chi connectivity index (χ2n) is 5.81. The maximum absolute atomic E-state index is 12.3. The number of hydrogen-bond acceptors (Lipinski definition) is 6. The molecule has 0 unspecified atom stereocenters. The number of thioether (sulfide) groups is 1. The summed E-state index contributed by atoms with van der Waals surface area (Å²) in [5.41, 5.74) is 2.66. The second kappa shape index (κ2) is 8.59. The minimum Gasteiger partial charge on any atom is -0.492 e. The highest BCUT2D eigenvalue weighted by Crippen LogP contribution is 2.25. The largest absolute Gasteiger partial charge is 0.492 e. The normalized spacial score (nSPS) is 10.6. The molecule has 0 aliphatic carbocycles. The Kier molecular flexibility index (Phi) is 5.97. The van der Waals surface area contributed by atoms with E-state index in [1.165, 1.54) is 16.4 Å². The summed E-state index contributed by atoms with van der Waals surface area (Å²) in [6.07, 6.45) is 0. The van der Waals surface area contributed by atoms with Crippen molar-refractivity contribution in [3.8, 4) is 17.1 Å². The Bertz CT molecular complexity index is 924. The molecule has 7 nitrogen and oxygen atoms in total. The third-order valence-corrected chi connectivity index (χ3v) is 4.71. The molecule has 3 rings (SSSR count). The van der Waals surface area contributed by atoms with Gasteiger partial charge in [-0.2, -0.15) is 0 Å². The number of nitrogens with zero attached hydrogens (tertiary/aromatic N) is 3. The molecule has 1 amide bonds. The smallest absolute Gasteiger partial charge is 0.234 e. The van der Waals surface area contributed by atoms with Gasteiger partial charge in [0.1, 0.15) is 5.75 Å². The first-order chi connectivity index (χ1) is 13.1. The molecule has 0 spiro atoms. The fourth-order valence-corrected chi connectivity index (χ4v) is 3.10. The molecule has 1 aromatic heterocycles. The number of carbonyl (C=O) groups is 1. The van der Waals surface area contributed by atoms with E-state index >= 15 is 0 Å². The maximum atomic E-state index is 12.3. The standard InChI is InChI=1S/C19H21N5O2S/c1-3-26-16-7-5-4-6-15(16)21-17(25)12-27-19-23-22-18(24(19)20)14-10-8-13(2)9-11-14/h4-11H,3,12,20H2,1-2H3,(H,21,25). The van der Waals surface area contributed by atoms with Crippen LogP contribution in [-0.4, -0.2) is 33.1 Å². The van der Waals surface area contributed by atoms with Crippen LogP contribution >= 0.6 is 11.8 Å². The van der Waals surface area contributed by atoms with Crippen LogP contribution in [0.3, 0.4) is 0 Å². The molecule has 140 valence electrons. The molecular weight excluding hydrogens is 362 g/mol. The van der Waals surface area contributed by atoms with Crippen LogP contribution in [0.2, 0.25) is 0 Å². The van der Waals surface area contributed by atoms with Gasteiger partial charge in [0.25, 0.3) is 0 Å². The number of aromatic nitrogens is 3. The van der Waals surface area contributed by atoms with Gasteiger partial charge < -0.3 is 15.9 Å². The molecule has 0 aliphatic heterocycles. The lowest BCUT2D eigenvalue weighted by atomic mass is 10.1. The topological polar surface area (TPSA) is 95.1 Å². The molecule has 0 fully saturated rings. The minimum atomic E-state index is -0.174. The van der Waals surface area contributed by atoms with Crippen LogP contribution in [0.25, 0.3) is 11.4 Å². The molecule has 8 heteroatoms. The van der Waals surface area contributed by atoms with Crippen LogP contribution in [0, 0.1) is 6.92 Å². The predicted octanol–water partition coefficient (Wildman–Crippen LogP) is 3.10. The third kappa shape index (κ3) is 4.59. The number of para-hydroxylation sites is 2. The van der Waals surface area contributed by atoms with E-state index in [-0.39, 0.29) is 11.7 Å². The summed E-state index contributed by atoms with van der Waals surface area (Å²) in [6.45, 7) is 4.44. The Morgan fingerprint density at radius 3 is 2.67 bits per heavy atom. The SMILES string of the molecule is CCOc1ccccc1NC(=O)CSc1nnc(-c2ccc(C)cc2)n1N. The van der Waals surface area contributed by atoms with Crippen molar-refractivity contribution in [3.63, 3.8) is 0 Å². The summed E-state index contributed by atoms with van der Waals surface area (Å²) in [5.74, 6) is 7.27. The van der Waals surface area contributed by atoms with E-state index in [2.05, 4.69) is 15.5 Å². The summed E-state index contributed by atoms with van der Waals surface area (Å²) < 4.78 is 6.91. The third-order valence-electron chi connectivity index (χ3n) is 3.77. The fourth-order valence-electron chi connectivity index (χ4n) is 2.44. The highest BCUT2D eigenvalue weighted by atomic mass is 32.2. The Morgan fingerprint density at radius 2 is 1.93 bits per heavy atom. The van der Waals surface area contributed by atoms with E-state index < -0.39 is 0 Å². The van der Waals surface area contributed by atoms with Gasteiger partial charge in [-0.05, 0) is 26.0 Å². The number of nitrogens with two attached hydrogens (primary N) is 1. The Labute approximate surface area is 161 Å². The molecular formula is C19H21N5O2S. The summed E-state index contributed by atoms with van der Waals surface area (Å²) >= 11 is 1.22. The lowest BCUT2D eigenvalue weighted by Gasteiger charge is -2.11. The van der Waals surface area contributed by atoms with Crippen molar-refractivity contribution in [2.75, 3.05) is 23.5 Å². The molecule has 0 saturated heterocycles. The first kappa shape index (κ1) is 18.8. The van der Waals surface area contributed by atoms with Crippen LogP contribution in [0.1, 0.15) is 12.5 Å². The lowest BCUT2D eigenvalue weighted by molar-refractivity contribution is -0.113. The van der Waals surface area contributed by atoms with Crippen molar-refractivity contribution in [3.05, 3.63) is 54.1 Å². The molecule has 3 aromatic rings. The summed E-state index contributed by atoms with van der Waals surface area (Å²) in [5, 5.41) is 11.5. The predicted molar refractivity (Wildman–Crippen MR) is 107 cm³/mol. The van der Waals surface area contributed by atoms with Crippen LogP contribution in [0.15, 0.2) is 53.7 Å². The fraction of sp³-hybridized carbons (Fsp3) is 0.211. The molecule has 2 aromatic carbocycles. The van der Waals surface area contributed by atoms with Gasteiger partial charge in [-0.3, -0.25) is 4.79 Å². The zero-order valence-electron chi connectivity index (χ0n) is 15.2. The van der Waals surface area contributed by atoms with E-state index in [9.17, 15) is 4.79 Å². The number of benzene rings is 2. The van der Waals surface area contributed by atoms with Crippen LogP contribution < -0.4 is 15.9 Å². The summed E-state index contributed by atoms with van der Waals surface area (Å²) in [6, 6.07) is 15.2. The number of aryl methyl sites for hydroxylation is 1. The zero-order valence-corrected chi connectivity index (χ0v) is 16.0. The molecule has 0 radical (unpaired) electrons. The van der Waals surface area contributed by atoms with E-state index in [1.54, 1.807) is 6.07 Å². The average Bonchev–Trinajstić information content (AvgIpc) is 3.03. The van der Waals surface area contributed by atoms with Gasteiger partial charge in [-0.25, -0.2) is 4.68 Å². The highest BCUT2D eigenvalue weighted by molar-refractivity contribution is 7.99. The number of ether oxygens (including phenoxy) is 1. The van der Waals surface area contributed by atoms with Gasteiger partial charge in [-0.1, -0.05) is 53.7 Å².